The van der Waals surface area contributed by atoms with Crippen LogP contribution in [-0.4, -0.2) is 16.8 Å². The molecule has 0 fully saturated rings. The van der Waals surface area contributed by atoms with E-state index in [9.17, 15) is 16.8 Å². The van der Waals surface area contributed by atoms with Crippen molar-refractivity contribution in [3.05, 3.63) is 35.2 Å². The summed E-state index contributed by atoms with van der Waals surface area (Å²) in [5.74, 6) is 0. The van der Waals surface area contributed by atoms with Gasteiger partial charge < -0.3 is 5.73 Å². The van der Waals surface area contributed by atoms with E-state index in [1.807, 2.05) is 0 Å². The van der Waals surface area contributed by atoms with Crippen LogP contribution >= 0.6 is 11.3 Å². The zero-order chi connectivity index (χ0) is 13.8. The van der Waals surface area contributed by atoms with Gasteiger partial charge in [-0.2, -0.15) is 0 Å². The van der Waals surface area contributed by atoms with Crippen molar-refractivity contribution in [1.29, 1.82) is 0 Å². The Hall–Kier alpha value is -1.22. The summed E-state index contributed by atoms with van der Waals surface area (Å²) < 4.78 is 49.5. The minimum Gasteiger partial charge on any atom is -0.326 e. The second-order valence-electron chi connectivity index (χ2n) is 4.02. The van der Waals surface area contributed by atoms with E-state index in [4.69, 9.17) is 5.73 Å². The molecule has 0 amide bonds. The Bertz CT molecular complexity index is 808. The third-order valence-electron chi connectivity index (χ3n) is 2.88. The molecule has 1 aromatic carbocycles. The lowest BCUT2D eigenvalue weighted by atomic mass is 10.4. The molecule has 2 N–H and O–H groups in total. The van der Waals surface area contributed by atoms with Gasteiger partial charge in [0, 0.05) is 11.4 Å². The Morgan fingerprint density at radius 2 is 1.53 bits per heavy atom. The van der Waals surface area contributed by atoms with Crippen LogP contribution in [0.15, 0.2) is 49.2 Å². The molecule has 2 aromatic rings. The summed E-state index contributed by atoms with van der Waals surface area (Å²) in [7, 11) is -7.56. The van der Waals surface area contributed by atoms with Crippen molar-refractivity contribution in [2.24, 2.45) is 5.73 Å². The number of fused-ring (bicyclic) bond motifs is 2. The van der Waals surface area contributed by atoms with Crippen LogP contribution in [0, 0.1) is 0 Å². The van der Waals surface area contributed by atoms with E-state index in [1.165, 1.54) is 30.3 Å². The SMILES string of the molecule is NCc1cc2c(s1)S(=O)(=O)c1ccccc1S2(=O)=O. The van der Waals surface area contributed by atoms with Crippen LogP contribution in [0.2, 0.25) is 0 Å². The summed E-state index contributed by atoms with van der Waals surface area (Å²) in [6, 6.07) is 6.99. The third kappa shape index (κ3) is 1.61. The zero-order valence-corrected chi connectivity index (χ0v) is 12.0. The van der Waals surface area contributed by atoms with E-state index in [0.717, 1.165) is 11.3 Å². The van der Waals surface area contributed by atoms with E-state index in [2.05, 4.69) is 0 Å². The van der Waals surface area contributed by atoms with Crippen molar-refractivity contribution in [2.75, 3.05) is 0 Å². The molecule has 0 unspecified atom stereocenters. The number of hydrogen-bond donors (Lipinski definition) is 1. The first-order valence-electron chi connectivity index (χ1n) is 5.31. The molecular formula is C11H9NO4S3. The molecular weight excluding hydrogens is 306 g/mol. The highest BCUT2D eigenvalue weighted by Gasteiger charge is 2.40. The zero-order valence-electron chi connectivity index (χ0n) is 9.53. The van der Waals surface area contributed by atoms with Gasteiger partial charge in [-0.05, 0) is 18.2 Å². The van der Waals surface area contributed by atoms with Crippen molar-refractivity contribution >= 4 is 31.0 Å². The van der Waals surface area contributed by atoms with Gasteiger partial charge in [0.25, 0.3) is 0 Å². The molecule has 0 saturated heterocycles. The number of benzene rings is 1. The minimum absolute atomic E-state index is 0.110. The van der Waals surface area contributed by atoms with Gasteiger partial charge in [-0.15, -0.1) is 11.3 Å². The highest BCUT2D eigenvalue weighted by atomic mass is 32.2. The largest absolute Gasteiger partial charge is 0.326 e. The average molecular weight is 315 g/mol. The first-order chi connectivity index (χ1) is 8.89. The Morgan fingerprint density at radius 3 is 2.11 bits per heavy atom. The number of hydrogen-bond acceptors (Lipinski definition) is 6. The lowest BCUT2D eigenvalue weighted by Gasteiger charge is -2.16. The summed E-state index contributed by atoms with van der Waals surface area (Å²) in [6.45, 7) is 0.110. The van der Waals surface area contributed by atoms with Gasteiger partial charge in [0.2, 0.25) is 19.7 Å². The Balaban J connectivity index is 2.50. The van der Waals surface area contributed by atoms with E-state index in [1.54, 1.807) is 0 Å². The maximum Gasteiger partial charge on any atom is 0.218 e. The second-order valence-corrected chi connectivity index (χ2v) is 9.16. The van der Waals surface area contributed by atoms with Gasteiger partial charge in [-0.25, -0.2) is 16.8 Å². The molecule has 1 aliphatic rings. The first kappa shape index (κ1) is 12.8. The smallest absolute Gasteiger partial charge is 0.218 e. The molecule has 0 aliphatic carbocycles. The number of nitrogens with two attached hydrogens (primary N) is 1. The van der Waals surface area contributed by atoms with E-state index in [0.29, 0.717) is 4.88 Å². The molecule has 19 heavy (non-hydrogen) atoms. The lowest BCUT2D eigenvalue weighted by Crippen LogP contribution is -2.17. The minimum atomic E-state index is -3.79. The average Bonchev–Trinajstić information content (AvgIpc) is 2.83. The van der Waals surface area contributed by atoms with Gasteiger partial charge >= 0.3 is 0 Å². The van der Waals surface area contributed by atoms with Crippen LogP contribution in [0.3, 0.4) is 0 Å². The van der Waals surface area contributed by atoms with Crippen molar-refractivity contribution < 1.29 is 16.8 Å². The summed E-state index contributed by atoms with van der Waals surface area (Å²) in [5, 5.41) is 0. The Kier molecular flexibility index (Phi) is 2.62. The van der Waals surface area contributed by atoms with Gasteiger partial charge in [0.15, 0.2) is 0 Å². The normalized spacial score (nSPS) is 18.6. The monoisotopic (exact) mass is 315 g/mol. The van der Waals surface area contributed by atoms with Crippen molar-refractivity contribution in [2.45, 2.75) is 25.4 Å². The third-order valence-corrected chi connectivity index (χ3v) is 8.61. The number of thiophene rings is 1. The lowest BCUT2D eigenvalue weighted by molar-refractivity contribution is 0.573. The van der Waals surface area contributed by atoms with Gasteiger partial charge in [0.05, 0.1) is 9.79 Å². The van der Waals surface area contributed by atoms with Crippen molar-refractivity contribution in [1.82, 2.24) is 0 Å². The predicted molar refractivity (Wildman–Crippen MR) is 69.6 cm³/mol. The van der Waals surface area contributed by atoms with Crippen LogP contribution in [0.25, 0.3) is 0 Å². The molecule has 2 heterocycles. The summed E-state index contributed by atoms with van der Waals surface area (Å²) in [4.78, 5) is 0.0541. The van der Waals surface area contributed by atoms with Crippen LogP contribution in [0.4, 0.5) is 0 Å². The topological polar surface area (TPSA) is 94.3 Å². The van der Waals surface area contributed by atoms with Crippen LogP contribution in [-0.2, 0) is 26.2 Å². The van der Waals surface area contributed by atoms with Gasteiger partial charge in [0.1, 0.15) is 9.10 Å². The van der Waals surface area contributed by atoms with E-state index < -0.39 is 19.7 Å². The highest BCUT2D eigenvalue weighted by molar-refractivity contribution is 7.98. The fourth-order valence-corrected chi connectivity index (χ4v) is 7.98. The Labute approximate surface area is 114 Å². The quantitative estimate of drug-likeness (QED) is 0.728. The van der Waals surface area contributed by atoms with Crippen LogP contribution in [0.5, 0.6) is 0 Å². The maximum absolute atomic E-state index is 12.4. The highest BCUT2D eigenvalue weighted by Crippen LogP contribution is 2.44. The van der Waals surface area contributed by atoms with E-state index >= 15 is 0 Å². The summed E-state index contributed by atoms with van der Waals surface area (Å²) >= 11 is 0.916. The molecule has 0 radical (unpaired) electrons. The molecule has 0 atom stereocenters. The Morgan fingerprint density at radius 1 is 0.947 bits per heavy atom. The predicted octanol–water partition coefficient (Wildman–Crippen LogP) is 1.19. The van der Waals surface area contributed by atoms with Crippen LogP contribution < -0.4 is 5.73 Å². The standard InChI is InChI=1S/C11H9NO4S3/c12-6-7-5-10-11(17-7)19(15,16)9-4-2-1-3-8(9)18(10,13)14/h1-5H,6,12H2. The number of sulfone groups is 2. The molecule has 0 bridgehead atoms. The first-order valence-corrected chi connectivity index (χ1v) is 9.09. The molecule has 8 heteroatoms. The van der Waals surface area contributed by atoms with Crippen LogP contribution in [0.1, 0.15) is 4.88 Å². The van der Waals surface area contributed by atoms with Gasteiger partial charge in [-0.3, -0.25) is 0 Å². The maximum atomic E-state index is 12.4. The molecule has 5 nitrogen and oxygen atoms in total. The summed E-state index contributed by atoms with van der Waals surface area (Å²) in [6.07, 6.45) is 0. The fourth-order valence-electron chi connectivity index (χ4n) is 1.99. The second kappa shape index (κ2) is 3.89. The van der Waals surface area contributed by atoms with Crippen molar-refractivity contribution in [3.63, 3.8) is 0 Å². The summed E-state index contributed by atoms with van der Waals surface area (Å²) in [5.41, 5.74) is 5.46. The molecule has 0 spiro atoms. The fraction of sp³-hybridized carbons (Fsp3) is 0.0909. The van der Waals surface area contributed by atoms with E-state index in [-0.39, 0.29) is 25.4 Å². The van der Waals surface area contributed by atoms with Gasteiger partial charge in [-0.1, -0.05) is 12.1 Å². The molecule has 100 valence electrons. The molecule has 0 saturated carbocycles. The van der Waals surface area contributed by atoms with Crippen molar-refractivity contribution in [3.8, 4) is 0 Å². The molecule has 1 aliphatic heterocycles. The number of rotatable bonds is 1. The molecule has 3 rings (SSSR count). The molecule has 1 aromatic heterocycles.